The number of nitrogen functional groups attached to an aromatic ring is 1. The highest BCUT2D eigenvalue weighted by Gasteiger charge is 2.20. The van der Waals surface area contributed by atoms with Crippen LogP contribution in [0.5, 0.6) is 5.75 Å². The summed E-state index contributed by atoms with van der Waals surface area (Å²) in [6.07, 6.45) is 0.830. The van der Waals surface area contributed by atoms with Crippen molar-refractivity contribution in [2.75, 3.05) is 11.1 Å². The molecule has 0 bridgehead atoms. The zero-order chi connectivity index (χ0) is 17.9. The second kappa shape index (κ2) is 6.61. The number of aryl methyl sites for hydroxylation is 1. The van der Waals surface area contributed by atoms with E-state index < -0.39 is 17.7 Å². The molecule has 0 spiro atoms. The standard InChI is InChI=1S/C16H20N4O4/c1-16(2,3)24-15(22)19-12-9-20(4)13(18-12)14(21)23-11-7-5-6-10(17)8-11/h5-9H,17H2,1-4H3,(H,19,22). The molecule has 8 nitrogen and oxygen atoms in total. The number of anilines is 2. The molecule has 0 unspecified atom stereocenters. The van der Waals surface area contributed by atoms with E-state index in [1.165, 1.54) is 16.8 Å². The van der Waals surface area contributed by atoms with Gasteiger partial charge in [0, 0.05) is 25.0 Å². The number of amides is 1. The number of rotatable bonds is 3. The Hall–Kier alpha value is -3.03. The molecule has 0 fully saturated rings. The van der Waals surface area contributed by atoms with Gasteiger partial charge in [0.15, 0.2) is 5.82 Å². The Kier molecular flexibility index (Phi) is 4.77. The highest BCUT2D eigenvalue weighted by atomic mass is 16.6. The molecule has 2 aromatic rings. The lowest BCUT2D eigenvalue weighted by Gasteiger charge is -2.18. The minimum Gasteiger partial charge on any atom is -0.444 e. The van der Waals surface area contributed by atoms with Gasteiger partial charge >= 0.3 is 12.1 Å². The first-order valence-electron chi connectivity index (χ1n) is 7.25. The van der Waals surface area contributed by atoms with Crippen LogP contribution < -0.4 is 15.8 Å². The van der Waals surface area contributed by atoms with Crippen LogP contribution in [0.4, 0.5) is 16.3 Å². The van der Waals surface area contributed by atoms with Crippen molar-refractivity contribution in [2.45, 2.75) is 26.4 Å². The molecule has 1 aromatic carbocycles. The maximum Gasteiger partial charge on any atom is 0.413 e. The first kappa shape index (κ1) is 17.3. The molecular weight excluding hydrogens is 312 g/mol. The monoisotopic (exact) mass is 332 g/mol. The van der Waals surface area contributed by atoms with E-state index in [1.807, 2.05) is 0 Å². The third-order valence-corrected chi connectivity index (χ3v) is 2.76. The van der Waals surface area contributed by atoms with Crippen LogP contribution >= 0.6 is 0 Å². The van der Waals surface area contributed by atoms with Crippen LogP contribution in [-0.2, 0) is 11.8 Å². The summed E-state index contributed by atoms with van der Waals surface area (Å²) in [7, 11) is 1.61. The van der Waals surface area contributed by atoms with Gasteiger partial charge in [-0.1, -0.05) is 6.07 Å². The molecule has 0 saturated carbocycles. The van der Waals surface area contributed by atoms with Crippen molar-refractivity contribution in [2.24, 2.45) is 7.05 Å². The number of esters is 1. The highest BCUT2D eigenvalue weighted by molar-refractivity contribution is 5.89. The average molecular weight is 332 g/mol. The highest BCUT2D eigenvalue weighted by Crippen LogP contribution is 2.17. The van der Waals surface area contributed by atoms with Gasteiger partial charge in [0.2, 0.25) is 5.82 Å². The Balaban J connectivity index is 2.08. The molecule has 0 aliphatic rings. The summed E-state index contributed by atoms with van der Waals surface area (Å²) in [6, 6.07) is 6.49. The fraction of sp³-hybridized carbons (Fsp3) is 0.312. The summed E-state index contributed by atoms with van der Waals surface area (Å²) in [5, 5.41) is 2.47. The quantitative estimate of drug-likeness (QED) is 0.508. The van der Waals surface area contributed by atoms with Gasteiger partial charge in [-0.25, -0.2) is 14.6 Å². The van der Waals surface area contributed by atoms with E-state index in [0.717, 1.165) is 0 Å². The molecule has 1 aromatic heterocycles. The van der Waals surface area contributed by atoms with Gasteiger partial charge in [0.25, 0.3) is 0 Å². The van der Waals surface area contributed by atoms with Crippen molar-refractivity contribution < 1.29 is 19.1 Å². The number of aromatic nitrogens is 2. The van der Waals surface area contributed by atoms with Crippen molar-refractivity contribution >= 4 is 23.6 Å². The smallest absolute Gasteiger partial charge is 0.413 e. The molecular formula is C16H20N4O4. The Morgan fingerprint density at radius 1 is 1.29 bits per heavy atom. The predicted molar refractivity (Wildman–Crippen MR) is 88.9 cm³/mol. The minimum atomic E-state index is -0.666. The lowest BCUT2D eigenvalue weighted by atomic mass is 10.2. The van der Waals surface area contributed by atoms with E-state index in [1.54, 1.807) is 46.0 Å². The number of nitrogens with one attached hydrogen (secondary N) is 1. The Morgan fingerprint density at radius 2 is 2.00 bits per heavy atom. The van der Waals surface area contributed by atoms with Crippen LogP contribution in [0, 0.1) is 0 Å². The molecule has 0 aliphatic heterocycles. The topological polar surface area (TPSA) is 108 Å². The predicted octanol–water partition coefficient (Wildman–Crippen LogP) is 2.57. The lowest BCUT2D eigenvalue weighted by molar-refractivity contribution is 0.0633. The molecule has 1 amide bonds. The van der Waals surface area contributed by atoms with Crippen molar-refractivity contribution in [1.82, 2.24) is 9.55 Å². The van der Waals surface area contributed by atoms with Crippen LogP contribution in [0.3, 0.4) is 0 Å². The van der Waals surface area contributed by atoms with E-state index in [2.05, 4.69) is 10.3 Å². The molecule has 0 atom stereocenters. The molecule has 0 radical (unpaired) electrons. The fourth-order valence-electron chi connectivity index (χ4n) is 1.86. The van der Waals surface area contributed by atoms with Crippen molar-refractivity contribution in [3.05, 3.63) is 36.3 Å². The Morgan fingerprint density at radius 3 is 2.62 bits per heavy atom. The summed E-state index contributed by atoms with van der Waals surface area (Å²) in [6.45, 7) is 5.25. The molecule has 24 heavy (non-hydrogen) atoms. The zero-order valence-corrected chi connectivity index (χ0v) is 14.0. The van der Waals surface area contributed by atoms with Crippen LogP contribution in [-0.4, -0.2) is 27.2 Å². The third-order valence-electron chi connectivity index (χ3n) is 2.76. The second-order valence-electron chi connectivity index (χ2n) is 6.15. The number of nitrogens with zero attached hydrogens (tertiary/aromatic N) is 2. The lowest BCUT2D eigenvalue weighted by Crippen LogP contribution is -2.27. The molecule has 3 N–H and O–H groups in total. The number of imidazole rings is 1. The van der Waals surface area contributed by atoms with Crippen LogP contribution in [0.2, 0.25) is 0 Å². The van der Waals surface area contributed by atoms with E-state index in [4.69, 9.17) is 15.2 Å². The van der Waals surface area contributed by atoms with Crippen LogP contribution in [0.25, 0.3) is 0 Å². The number of hydrogen-bond acceptors (Lipinski definition) is 6. The minimum absolute atomic E-state index is 0.0310. The molecule has 0 saturated heterocycles. The van der Waals surface area contributed by atoms with Gasteiger partial charge in [-0.3, -0.25) is 5.32 Å². The van der Waals surface area contributed by atoms with Crippen molar-refractivity contribution in [3.63, 3.8) is 0 Å². The first-order valence-corrected chi connectivity index (χ1v) is 7.25. The third kappa shape index (κ3) is 4.73. The Labute approximate surface area is 139 Å². The summed E-state index contributed by atoms with van der Waals surface area (Å²) >= 11 is 0. The number of nitrogens with two attached hydrogens (primary N) is 1. The normalized spacial score (nSPS) is 11.0. The second-order valence-corrected chi connectivity index (χ2v) is 6.15. The largest absolute Gasteiger partial charge is 0.444 e. The van der Waals surface area contributed by atoms with E-state index in [-0.39, 0.29) is 11.6 Å². The van der Waals surface area contributed by atoms with Gasteiger partial charge in [0.1, 0.15) is 11.4 Å². The van der Waals surface area contributed by atoms with E-state index in [0.29, 0.717) is 11.4 Å². The number of benzene rings is 1. The molecule has 2 rings (SSSR count). The van der Waals surface area contributed by atoms with Crippen LogP contribution in [0.1, 0.15) is 31.4 Å². The first-order chi connectivity index (χ1) is 11.1. The molecule has 128 valence electrons. The fourth-order valence-corrected chi connectivity index (χ4v) is 1.86. The van der Waals surface area contributed by atoms with Crippen LogP contribution in [0.15, 0.2) is 30.5 Å². The van der Waals surface area contributed by atoms with E-state index in [9.17, 15) is 9.59 Å². The maximum atomic E-state index is 12.2. The summed E-state index contributed by atoms with van der Waals surface area (Å²) < 4.78 is 11.8. The number of carbonyl (C=O) groups is 2. The Bertz CT molecular complexity index is 762. The zero-order valence-electron chi connectivity index (χ0n) is 14.0. The van der Waals surface area contributed by atoms with Gasteiger partial charge in [-0.05, 0) is 32.9 Å². The summed E-state index contributed by atoms with van der Waals surface area (Å²) in [4.78, 5) is 28.0. The van der Waals surface area contributed by atoms with Gasteiger partial charge < -0.3 is 19.8 Å². The molecule has 0 aliphatic carbocycles. The summed E-state index contributed by atoms with van der Waals surface area (Å²) in [5.41, 5.74) is 5.49. The van der Waals surface area contributed by atoms with Gasteiger partial charge in [-0.15, -0.1) is 0 Å². The average Bonchev–Trinajstić information content (AvgIpc) is 2.77. The SMILES string of the molecule is Cn1cc(NC(=O)OC(C)(C)C)nc1C(=O)Oc1cccc(N)c1. The van der Waals surface area contributed by atoms with Crippen molar-refractivity contribution in [3.8, 4) is 5.75 Å². The van der Waals surface area contributed by atoms with E-state index >= 15 is 0 Å². The molecule has 1 heterocycles. The van der Waals surface area contributed by atoms with Crippen molar-refractivity contribution in [1.29, 1.82) is 0 Å². The van der Waals surface area contributed by atoms with Gasteiger partial charge in [0.05, 0.1) is 0 Å². The number of hydrogen-bond donors (Lipinski definition) is 2. The molecule has 8 heteroatoms. The number of ether oxygens (including phenoxy) is 2. The summed E-state index contributed by atoms with van der Waals surface area (Å²) in [5.74, 6) is -0.139. The number of carbonyl (C=O) groups excluding carboxylic acids is 2. The van der Waals surface area contributed by atoms with Gasteiger partial charge in [-0.2, -0.15) is 0 Å². The maximum absolute atomic E-state index is 12.2.